The quantitative estimate of drug-likeness (QED) is 0.0582. The molecular weight excluding hydrogens is 1360 g/mol. The summed E-state index contributed by atoms with van der Waals surface area (Å²) in [6.45, 7) is 56.4. The lowest BCUT2D eigenvalue weighted by molar-refractivity contribution is 0.282. The maximum absolute atomic E-state index is 12.9. The Hall–Kier alpha value is -9.10. The first kappa shape index (κ1) is 99.9. The van der Waals surface area contributed by atoms with Gasteiger partial charge in [0.15, 0.2) is 5.69 Å². The summed E-state index contributed by atoms with van der Waals surface area (Å²) in [6.07, 6.45) is 6.54. The Balaban J connectivity index is 0.00000119. The second-order valence-electron chi connectivity index (χ2n) is 29.6. The molecule has 0 saturated heterocycles. The average molecular weight is 1500 g/mol. The van der Waals surface area contributed by atoms with Crippen LogP contribution in [-0.2, 0) is 19.4 Å². The van der Waals surface area contributed by atoms with E-state index >= 15 is 0 Å². The molecule has 0 aliphatic heterocycles. The molecule has 0 heterocycles. The third-order valence-electron chi connectivity index (χ3n) is 16.6. The van der Waals surface area contributed by atoms with E-state index in [1.807, 2.05) is 114 Å². The lowest BCUT2D eigenvalue weighted by atomic mass is 9.99. The van der Waals surface area contributed by atoms with E-state index < -0.39 is 23.3 Å². The van der Waals surface area contributed by atoms with E-state index in [0.717, 1.165) is 53.3 Å². The summed E-state index contributed by atoms with van der Waals surface area (Å²) < 4.78 is 87.9. The van der Waals surface area contributed by atoms with Gasteiger partial charge in [-0.1, -0.05) is 334 Å². The van der Waals surface area contributed by atoms with Gasteiger partial charge in [0.25, 0.3) is 0 Å². The van der Waals surface area contributed by atoms with Crippen molar-refractivity contribution in [2.24, 2.45) is 17.8 Å². The highest BCUT2D eigenvalue weighted by molar-refractivity contribution is 5.63. The van der Waals surface area contributed by atoms with Gasteiger partial charge in [-0.2, -0.15) is 0 Å². The lowest BCUT2D eigenvalue weighted by Gasteiger charge is -2.06. The van der Waals surface area contributed by atoms with Gasteiger partial charge in [0.2, 0.25) is 0 Å². The van der Waals surface area contributed by atoms with Crippen LogP contribution in [-0.4, -0.2) is 5.11 Å². The molecule has 0 amide bonds. The molecule has 0 aliphatic carbocycles. The molecule has 2 nitrogen and oxygen atoms in total. The van der Waals surface area contributed by atoms with Crippen LogP contribution in [0.25, 0.3) is 16.0 Å². The Labute approximate surface area is 655 Å². The Morgan fingerprint density at radius 1 is 0.321 bits per heavy atom. The van der Waals surface area contributed by atoms with Crippen LogP contribution in [0.4, 0.5) is 36.4 Å². The largest absolute Gasteiger partial charge is 0.392 e. The van der Waals surface area contributed by atoms with E-state index in [-0.39, 0.29) is 35.9 Å². The van der Waals surface area contributed by atoms with Crippen molar-refractivity contribution in [1.82, 2.24) is 0 Å². The maximum atomic E-state index is 12.9. The van der Waals surface area contributed by atoms with Gasteiger partial charge in [-0.25, -0.2) is 35.6 Å². The SMILES string of the molecule is C=CC(C)C.CC.CC(C)CCc1cccc(F)c1.CC(C)CCc1ccccc1.CC(C)c1cc(F)cc(F)c1.CC(C)c1ccc(-c2ccccc2)cc1.CC(C)c1ccc(CO)cc1.CC(C)c1ccc(F)cc1.CC(C)c1ccc(F)cc1F.CC(C)c1cccc(F)c1.[C-]#[N+]c1ccc(C(C)C)cc1. The van der Waals surface area contributed by atoms with E-state index in [4.69, 9.17) is 11.7 Å². The highest BCUT2D eigenvalue weighted by atomic mass is 19.2. The number of aryl methyl sites for hydroxylation is 2. The van der Waals surface area contributed by atoms with Crippen LogP contribution in [0.1, 0.15) is 262 Å². The van der Waals surface area contributed by atoms with Gasteiger partial charge in [-0.15, -0.1) is 6.58 Å². The molecule has 10 aromatic carbocycles. The monoisotopic (exact) mass is 1490 g/mol. The van der Waals surface area contributed by atoms with Crippen molar-refractivity contribution < 1.29 is 35.8 Å². The number of hydrogen-bond acceptors (Lipinski definition) is 1. The summed E-state index contributed by atoms with van der Waals surface area (Å²) in [4.78, 5) is 3.32. The highest BCUT2D eigenvalue weighted by Crippen LogP contribution is 2.25. The number of benzene rings is 10. The van der Waals surface area contributed by atoms with Crippen LogP contribution in [0, 0.1) is 65.0 Å². The minimum atomic E-state index is -0.521. The molecule has 10 aromatic rings. The van der Waals surface area contributed by atoms with E-state index in [1.54, 1.807) is 24.3 Å². The first-order valence-electron chi connectivity index (χ1n) is 38.7. The van der Waals surface area contributed by atoms with Gasteiger partial charge in [-0.05, 0) is 206 Å². The molecule has 590 valence electrons. The number of aliphatic hydroxyl groups is 1. The smallest absolute Gasteiger partial charge is 0.187 e. The first-order chi connectivity index (χ1) is 51.6. The molecule has 0 atom stereocenters. The zero-order valence-electron chi connectivity index (χ0n) is 69.7. The van der Waals surface area contributed by atoms with Gasteiger partial charge in [-0.3, -0.25) is 0 Å². The van der Waals surface area contributed by atoms with Crippen molar-refractivity contribution >= 4 is 5.69 Å². The van der Waals surface area contributed by atoms with Gasteiger partial charge in [0, 0.05) is 12.1 Å². The molecule has 0 saturated carbocycles. The Kier molecular flexibility index (Phi) is 53.1. The van der Waals surface area contributed by atoms with E-state index in [1.165, 1.54) is 100 Å². The van der Waals surface area contributed by atoms with Crippen LogP contribution in [0.2, 0.25) is 0 Å². The van der Waals surface area contributed by atoms with Gasteiger partial charge >= 0.3 is 0 Å². The molecule has 0 bridgehead atoms. The van der Waals surface area contributed by atoms with Crippen LogP contribution in [0.3, 0.4) is 0 Å². The van der Waals surface area contributed by atoms with E-state index in [9.17, 15) is 30.7 Å². The highest BCUT2D eigenvalue weighted by Gasteiger charge is 2.08. The minimum absolute atomic E-state index is 0.107. The lowest BCUT2D eigenvalue weighted by Crippen LogP contribution is -1.92. The third-order valence-corrected chi connectivity index (χ3v) is 16.6. The van der Waals surface area contributed by atoms with Crippen molar-refractivity contribution in [1.29, 1.82) is 0 Å². The normalized spacial score (nSPS) is 10.2. The summed E-state index contributed by atoms with van der Waals surface area (Å²) >= 11 is 0. The molecule has 10 rings (SSSR count). The summed E-state index contributed by atoms with van der Waals surface area (Å²) in [6, 6.07) is 73.3. The second-order valence-corrected chi connectivity index (χ2v) is 29.6. The van der Waals surface area contributed by atoms with Crippen LogP contribution < -0.4 is 0 Å². The fraction of sp³-hybridized carbons (Fsp3) is 0.370. The molecule has 1 N–H and O–H groups in total. The zero-order valence-corrected chi connectivity index (χ0v) is 69.7. The number of nitrogens with zero attached hydrogens (tertiary/aromatic N) is 1. The Bertz CT molecular complexity index is 3940. The molecule has 0 spiro atoms. The third kappa shape index (κ3) is 47.4. The number of rotatable bonds is 16. The summed E-state index contributed by atoms with van der Waals surface area (Å²) in [5.41, 5.74) is 14.3. The molecule has 0 fully saturated rings. The van der Waals surface area contributed by atoms with E-state index in [0.29, 0.717) is 52.6 Å². The van der Waals surface area contributed by atoms with Crippen molar-refractivity contribution in [2.75, 3.05) is 0 Å². The zero-order chi connectivity index (χ0) is 82.6. The van der Waals surface area contributed by atoms with Crippen molar-refractivity contribution in [2.45, 2.75) is 226 Å². The fourth-order valence-corrected chi connectivity index (χ4v) is 9.47. The van der Waals surface area contributed by atoms with Crippen LogP contribution in [0.15, 0.2) is 255 Å². The van der Waals surface area contributed by atoms with Gasteiger partial charge in [0.05, 0.1) is 13.2 Å². The first-order valence-corrected chi connectivity index (χ1v) is 38.7. The van der Waals surface area contributed by atoms with E-state index in [2.05, 4.69) is 213 Å². The summed E-state index contributed by atoms with van der Waals surface area (Å²) in [7, 11) is 0. The van der Waals surface area contributed by atoms with Crippen molar-refractivity contribution in [3.63, 3.8) is 0 Å². The molecule has 109 heavy (non-hydrogen) atoms. The molecule has 0 aromatic heterocycles. The average Bonchev–Trinajstić information content (AvgIpc) is 0.867. The molecule has 0 radical (unpaired) electrons. The molecular formula is C100H130F7NO. The van der Waals surface area contributed by atoms with Crippen molar-refractivity contribution in [3.05, 3.63) is 363 Å². The predicted octanol–water partition coefficient (Wildman–Crippen LogP) is 31.8. The number of halogens is 7. The van der Waals surface area contributed by atoms with Crippen LogP contribution in [0.5, 0.6) is 0 Å². The number of allylic oxidation sites excluding steroid dienone is 1. The summed E-state index contributed by atoms with van der Waals surface area (Å²) in [5.74, 6) is 2.62. The molecule has 0 unspecified atom stereocenters. The number of hydrogen-bond donors (Lipinski definition) is 1. The van der Waals surface area contributed by atoms with Crippen molar-refractivity contribution in [3.8, 4) is 11.1 Å². The van der Waals surface area contributed by atoms with Gasteiger partial charge < -0.3 is 5.11 Å². The number of aliphatic hydroxyl groups excluding tert-OH is 1. The molecule has 9 heteroatoms. The fourth-order valence-electron chi connectivity index (χ4n) is 9.47. The topological polar surface area (TPSA) is 24.6 Å². The predicted molar refractivity (Wildman–Crippen MR) is 457 cm³/mol. The Morgan fingerprint density at radius 2 is 0.670 bits per heavy atom. The Morgan fingerprint density at radius 3 is 1.04 bits per heavy atom. The standard InChI is InChI=1S/C15H16.C11H15F.C11H16.C10H11N.C10H14O.2C9H10F2.2C9H11F.C5H10.C2H6/c1-12(2)13-8-10-15(11-9-13)14-6-4-3-5-7-14;1-9(2)6-7-10-4-3-5-11(12)8-10;1-10(2)8-9-11-6-4-3-5-7-11;1-8(2)9-4-6-10(11-3)7-5-9;1-8(2)10-5-3-9(7-11)4-6-10;1-6(2)7-3-8(10)5-9(11)4-7;1-6(2)8-4-3-7(10)5-9(8)11;1-7(2)8-3-5-9(10)6-4-8;1-7(2)8-4-3-5-9(10)6-8;1-4-5(2)3;1-2/h3-12H,1-2H3;3-5,8-9H,6-7H2,1-2H3;3-7,10H,8-9H2,1-2H3;4-8H,1-2H3;3-6,8,11H,7H2,1-2H3;2*3-6H,1-2H3;2*3-7H,1-2H3;4-5H,1H2,2-3H3;1-2H3. The van der Waals surface area contributed by atoms with Gasteiger partial charge in [0.1, 0.15) is 40.7 Å². The maximum Gasteiger partial charge on any atom is 0.187 e. The minimum Gasteiger partial charge on any atom is -0.392 e. The summed E-state index contributed by atoms with van der Waals surface area (Å²) in [5, 5.41) is 8.77. The molecule has 0 aliphatic rings. The van der Waals surface area contributed by atoms with Crippen LogP contribution >= 0.6 is 0 Å². The second kappa shape index (κ2) is 57.9.